The summed E-state index contributed by atoms with van der Waals surface area (Å²) in [5.74, 6) is -1.09. The molecule has 5 nitrogen and oxygen atoms in total. The topological polar surface area (TPSA) is 70.1 Å². The Hall–Kier alpha value is -1.89. The SMILES string of the molecule is CCn1nc(C)c(Br)c1COC(=O)c1ccc(F)cc1N. The van der Waals surface area contributed by atoms with E-state index in [1.54, 1.807) is 4.68 Å². The Balaban J connectivity index is 2.14. The molecule has 0 fully saturated rings. The maximum Gasteiger partial charge on any atom is 0.340 e. The molecule has 2 rings (SSSR count). The summed E-state index contributed by atoms with van der Waals surface area (Å²) in [5, 5.41) is 4.31. The number of esters is 1. The number of rotatable bonds is 4. The Morgan fingerprint density at radius 3 is 2.86 bits per heavy atom. The van der Waals surface area contributed by atoms with Crippen molar-refractivity contribution in [2.24, 2.45) is 0 Å². The molecule has 0 amide bonds. The molecule has 0 aliphatic heterocycles. The Morgan fingerprint density at radius 2 is 2.24 bits per heavy atom. The summed E-state index contributed by atoms with van der Waals surface area (Å²) in [6, 6.07) is 3.57. The molecule has 0 atom stereocenters. The summed E-state index contributed by atoms with van der Waals surface area (Å²) in [4.78, 5) is 12.0. The average molecular weight is 356 g/mol. The fourth-order valence-electron chi connectivity index (χ4n) is 1.94. The first-order valence-corrected chi connectivity index (χ1v) is 7.17. The first-order valence-electron chi connectivity index (χ1n) is 6.38. The largest absolute Gasteiger partial charge is 0.455 e. The van der Waals surface area contributed by atoms with E-state index >= 15 is 0 Å². The van der Waals surface area contributed by atoms with Crippen LogP contribution in [-0.2, 0) is 17.9 Å². The van der Waals surface area contributed by atoms with Gasteiger partial charge in [0.2, 0.25) is 0 Å². The number of nitrogens with zero attached hydrogens (tertiary/aromatic N) is 2. The number of nitrogens with two attached hydrogens (primary N) is 1. The number of hydrogen-bond acceptors (Lipinski definition) is 4. The normalized spacial score (nSPS) is 10.7. The molecule has 2 N–H and O–H groups in total. The van der Waals surface area contributed by atoms with Crippen molar-refractivity contribution in [3.8, 4) is 0 Å². The second-order valence-electron chi connectivity index (χ2n) is 4.47. The first-order chi connectivity index (χ1) is 9.93. The van der Waals surface area contributed by atoms with Crippen molar-refractivity contribution in [1.29, 1.82) is 0 Å². The maximum absolute atomic E-state index is 13.0. The van der Waals surface area contributed by atoms with Crippen LogP contribution in [0, 0.1) is 12.7 Å². The molecule has 0 unspecified atom stereocenters. The average Bonchev–Trinajstić information content (AvgIpc) is 2.71. The monoisotopic (exact) mass is 355 g/mol. The van der Waals surface area contributed by atoms with Gasteiger partial charge in [0, 0.05) is 12.2 Å². The van der Waals surface area contributed by atoms with Crippen molar-refractivity contribution in [3.05, 3.63) is 45.4 Å². The molecule has 0 aliphatic rings. The first kappa shape index (κ1) is 15.5. The van der Waals surface area contributed by atoms with Crippen LogP contribution in [0.5, 0.6) is 0 Å². The van der Waals surface area contributed by atoms with E-state index < -0.39 is 11.8 Å². The van der Waals surface area contributed by atoms with E-state index in [0.29, 0.717) is 6.54 Å². The second-order valence-corrected chi connectivity index (χ2v) is 5.26. The van der Waals surface area contributed by atoms with Crippen molar-refractivity contribution >= 4 is 27.6 Å². The zero-order valence-corrected chi connectivity index (χ0v) is 13.3. The van der Waals surface area contributed by atoms with E-state index in [4.69, 9.17) is 10.5 Å². The molecule has 21 heavy (non-hydrogen) atoms. The maximum atomic E-state index is 13.0. The van der Waals surface area contributed by atoms with Crippen molar-refractivity contribution < 1.29 is 13.9 Å². The lowest BCUT2D eigenvalue weighted by molar-refractivity contribution is 0.0463. The van der Waals surface area contributed by atoms with E-state index in [1.165, 1.54) is 12.1 Å². The molecule has 0 aliphatic carbocycles. The molecule has 0 bridgehead atoms. The molecular weight excluding hydrogens is 341 g/mol. The van der Waals surface area contributed by atoms with E-state index in [1.807, 2.05) is 13.8 Å². The highest BCUT2D eigenvalue weighted by Gasteiger charge is 2.16. The number of carbonyl (C=O) groups excluding carboxylic acids is 1. The Bertz CT molecular complexity index is 685. The van der Waals surface area contributed by atoms with Gasteiger partial charge in [-0.15, -0.1) is 0 Å². The van der Waals surface area contributed by atoms with E-state index in [2.05, 4.69) is 21.0 Å². The van der Waals surface area contributed by atoms with Crippen LogP contribution < -0.4 is 5.73 Å². The van der Waals surface area contributed by atoms with E-state index in [0.717, 1.165) is 21.9 Å². The molecular formula is C14H15BrFN3O2. The number of halogens is 2. The minimum absolute atomic E-state index is 0.0549. The number of nitrogen functional groups attached to an aromatic ring is 1. The molecule has 2 aromatic rings. The third-order valence-electron chi connectivity index (χ3n) is 3.03. The fraction of sp³-hybridized carbons (Fsp3) is 0.286. The Kier molecular flexibility index (Phi) is 4.62. The van der Waals surface area contributed by atoms with Crippen LogP contribution in [0.3, 0.4) is 0 Å². The quantitative estimate of drug-likeness (QED) is 0.675. The minimum atomic E-state index is -0.596. The zero-order chi connectivity index (χ0) is 15.6. The zero-order valence-electron chi connectivity index (χ0n) is 11.7. The predicted molar refractivity (Wildman–Crippen MR) is 80.3 cm³/mol. The fourth-order valence-corrected chi connectivity index (χ4v) is 2.34. The van der Waals surface area contributed by atoms with Crippen molar-refractivity contribution in [1.82, 2.24) is 9.78 Å². The van der Waals surface area contributed by atoms with Crippen LogP contribution in [0.2, 0.25) is 0 Å². The standard InChI is InChI=1S/C14H15BrFN3O2/c1-3-19-12(13(15)8(2)18-19)7-21-14(20)10-5-4-9(16)6-11(10)17/h4-6H,3,7,17H2,1-2H3. The van der Waals surface area contributed by atoms with Crippen LogP contribution in [0.15, 0.2) is 22.7 Å². The summed E-state index contributed by atoms with van der Waals surface area (Å²) in [5.41, 5.74) is 7.40. The Labute approximate surface area is 130 Å². The van der Waals surface area contributed by atoms with Crippen LogP contribution in [-0.4, -0.2) is 15.7 Å². The van der Waals surface area contributed by atoms with Gasteiger partial charge in [0.15, 0.2) is 0 Å². The van der Waals surface area contributed by atoms with Gasteiger partial charge in [0.05, 0.1) is 21.4 Å². The summed E-state index contributed by atoms with van der Waals surface area (Å²) in [6.45, 7) is 4.53. The van der Waals surface area contributed by atoms with Gasteiger partial charge in [-0.2, -0.15) is 5.10 Å². The van der Waals surface area contributed by atoms with Crippen LogP contribution in [0.4, 0.5) is 10.1 Å². The predicted octanol–water partition coefficient (Wildman–Crippen LogP) is 3.05. The van der Waals surface area contributed by atoms with Gasteiger partial charge in [0.25, 0.3) is 0 Å². The number of anilines is 1. The number of benzene rings is 1. The summed E-state index contributed by atoms with van der Waals surface area (Å²) in [6.07, 6.45) is 0. The summed E-state index contributed by atoms with van der Waals surface area (Å²) >= 11 is 3.42. The number of hydrogen-bond donors (Lipinski definition) is 1. The molecule has 0 radical (unpaired) electrons. The summed E-state index contributed by atoms with van der Waals surface area (Å²) < 4.78 is 20.8. The van der Waals surface area contributed by atoms with Gasteiger partial charge in [-0.05, 0) is 48.0 Å². The van der Waals surface area contributed by atoms with Gasteiger partial charge >= 0.3 is 5.97 Å². The highest BCUT2D eigenvalue weighted by Crippen LogP contribution is 2.22. The summed E-state index contributed by atoms with van der Waals surface area (Å²) in [7, 11) is 0. The Morgan fingerprint density at radius 1 is 1.52 bits per heavy atom. The molecule has 7 heteroatoms. The molecule has 1 aromatic carbocycles. The van der Waals surface area contributed by atoms with Crippen molar-refractivity contribution in [2.45, 2.75) is 27.0 Å². The smallest absolute Gasteiger partial charge is 0.340 e. The van der Waals surface area contributed by atoms with Gasteiger partial charge in [-0.1, -0.05) is 0 Å². The van der Waals surface area contributed by atoms with Gasteiger partial charge in [-0.25, -0.2) is 9.18 Å². The molecule has 0 spiro atoms. The number of aromatic nitrogens is 2. The number of ether oxygens (including phenoxy) is 1. The van der Waals surface area contributed by atoms with E-state index in [-0.39, 0.29) is 17.9 Å². The van der Waals surface area contributed by atoms with Crippen LogP contribution in [0.25, 0.3) is 0 Å². The van der Waals surface area contributed by atoms with Gasteiger partial charge < -0.3 is 10.5 Å². The second kappa shape index (κ2) is 6.26. The van der Waals surface area contributed by atoms with Gasteiger partial charge in [-0.3, -0.25) is 4.68 Å². The molecule has 112 valence electrons. The highest BCUT2D eigenvalue weighted by molar-refractivity contribution is 9.10. The minimum Gasteiger partial charge on any atom is -0.455 e. The highest BCUT2D eigenvalue weighted by atomic mass is 79.9. The van der Waals surface area contributed by atoms with Crippen molar-refractivity contribution in [2.75, 3.05) is 5.73 Å². The lowest BCUT2D eigenvalue weighted by Crippen LogP contribution is -2.11. The molecule has 0 saturated carbocycles. The third-order valence-corrected chi connectivity index (χ3v) is 4.06. The lowest BCUT2D eigenvalue weighted by atomic mass is 10.2. The van der Waals surface area contributed by atoms with E-state index in [9.17, 15) is 9.18 Å². The number of aryl methyl sites for hydroxylation is 2. The van der Waals surface area contributed by atoms with Crippen LogP contribution in [0.1, 0.15) is 28.7 Å². The molecule has 1 heterocycles. The molecule has 1 aromatic heterocycles. The van der Waals surface area contributed by atoms with Gasteiger partial charge in [0.1, 0.15) is 12.4 Å². The number of carbonyl (C=O) groups is 1. The lowest BCUT2D eigenvalue weighted by Gasteiger charge is -2.09. The van der Waals surface area contributed by atoms with Crippen molar-refractivity contribution in [3.63, 3.8) is 0 Å². The molecule has 0 saturated heterocycles. The third kappa shape index (κ3) is 3.24. The van der Waals surface area contributed by atoms with Crippen LogP contribution >= 0.6 is 15.9 Å².